The van der Waals surface area contributed by atoms with Crippen molar-refractivity contribution in [1.29, 1.82) is 0 Å². The van der Waals surface area contributed by atoms with Gasteiger partial charge in [-0.3, -0.25) is 0 Å². The molecule has 0 aliphatic heterocycles. The predicted octanol–water partition coefficient (Wildman–Crippen LogP) is 2.76. The van der Waals surface area contributed by atoms with E-state index in [9.17, 15) is 13.9 Å². The topological polar surface area (TPSA) is 38.7 Å². The van der Waals surface area contributed by atoms with E-state index >= 15 is 0 Å². The number of rotatable bonds is 4. The summed E-state index contributed by atoms with van der Waals surface area (Å²) < 4.78 is 35.3. The minimum Gasteiger partial charge on any atom is -0.496 e. The number of methoxy groups -OCH3 is 2. The highest BCUT2D eigenvalue weighted by Crippen LogP contribution is 2.37. The van der Waals surface area contributed by atoms with Gasteiger partial charge in [0.1, 0.15) is 17.6 Å². The van der Waals surface area contributed by atoms with Crippen LogP contribution in [-0.2, 0) is 0 Å². The number of ether oxygens (including phenoxy) is 2. The first-order valence-corrected chi connectivity index (χ1v) is 5.18. The van der Waals surface area contributed by atoms with Crippen LogP contribution in [0.2, 0.25) is 0 Å². The smallest absolute Gasteiger partial charge is 0.268 e. The van der Waals surface area contributed by atoms with E-state index in [2.05, 4.69) is 15.9 Å². The highest BCUT2D eigenvalue weighted by Gasteiger charge is 2.24. The second-order valence-corrected chi connectivity index (χ2v) is 3.86. The molecule has 0 radical (unpaired) electrons. The molecule has 1 unspecified atom stereocenters. The standard InChI is InChI=1S/C10H11BrF2O3/c1-15-7-4-6(11)8(16-2)3-5(7)9(14)10(12)13/h3-4,9-10,14H,1-2H3. The molecule has 1 N–H and O–H groups in total. The van der Waals surface area contributed by atoms with Crippen LogP contribution in [0.3, 0.4) is 0 Å². The third-order valence-corrected chi connectivity index (χ3v) is 2.68. The zero-order chi connectivity index (χ0) is 12.3. The van der Waals surface area contributed by atoms with E-state index < -0.39 is 12.5 Å². The van der Waals surface area contributed by atoms with Gasteiger partial charge in [0.25, 0.3) is 6.43 Å². The van der Waals surface area contributed by atoms with Crippen LogP contribution in [-0.4, -0.2) is 25.8 Å². The summed E-state index contributed by atoms with van der Waals surface area (Å²) in [5, 5.41) is 9.32. The number of benzene rings is 1. The summed E-state index contributed by atoms with van der Waals surface area (Å²) in [6.45, 7) is 0. The Hall–Kier alpha value is -0.880. The van der Waals surface area contributed by atoms with E-state index in [-0.39, 0.29) is 11.3 Å². The first kappa shape index (κ1) is 13.2. The second-order valence-electron chi connectivity index (χ2n) is 3.01. The predicted molar refractivity (Wildman–Crippen MR) is 58.2 cm³/mol. The lowest BCUT2D eigenvalue weighted by atomic mass is 10.1. The van der Waals surface area contributed by atoms with E-state index in [0.29, 0.717) is 10.2 Å². The molecule has 3 nitrogen and oxygen atoms in total. The van der Waals surface area contributed by atoms with Gasteiger partial charge in [0.15, 0.2) is 0 Å². The molecular formula is C10H11BrF2O3. The quantitative estimate of drug-likeness (QED) is 0.928. The molecule has 0 aliphatic carbocycles. The average Bonchev–Trinajstić information content (AvgIpc) is 2.27. The van der Waals surface area contributed by atoms with Crippen molar-refractivity contribution in [1.82, 2.24) is 0 Å². The Kier molecular flexibility index (Phi) is 4.49. The minimum absolute atomic E-state index is 0.00227. The highest BCUT2D eigenvalue weighted by atomic mass is 79.9. The molecule has 0 bridgehead atoms. The van der Waals surface area contributed by atoms with Crippen LogP contribution >= 0.6 is 15.9 Å². The molecule has 1 rings (SSSR count). The summed E-state index contributed by atoms with van der Waals surface area (Å²) in [5.41, 5.74) is -0.00227. The largest absolute Gasteiger partial charge is 0.496 e. The van der Waals surface area contributed by atoms with E-state index in [1.807, 2.05) is 0 Å². The average molecular weight is 297 g/mol. The fourth-order valence-corrected chi connectivity index (χ4v) is 1.74. The lowest BCUT2D eigenvalue weighted by Crippen LogP contribution is -2.10. The van der Waals surface area contributed by atoms with Crippen LogP contribution in [0.1, 0.15) is 11.7 Å². The Labute approximate surface area is 100 Å². The fraction of sp³-hybridized carbons (Fsp3) is 0.400. The summed E-state index contributed by atoms with van der Waals surface area (Å²) in [6.07, 6.45) is -4.77. The van der Waals surface area contributed by atoms with E-state index in [1.165, 1.54) is 26.4 Å². The molecule has 0 saturated carbocycles. The van der Waals surface area contributed by atoms with Gasteiger partial charge in [-0.25, -0.2) is 8.78 Å². The van der Waals surface area contributed by atoms with Crippen LogP contribution in [0.4, 0.5) is 8.78 Å². The zero-order valence-corrected chi connectivity index (χ0v) is 10.3. The fourth-order valence-electron chi connectivity index (χ4n) is 1.25. The monoisotopic (exact) mass is 296 g/mol. The molecule has 0 aromatic heterocycles. The van der Waals surface area contributed by atoms with Crippen LogP contribution in [0.5, 0.6) is 11.5 Å². The number of hydrogen-bond donors (Lipinski definition) is 1. The van der Waals surface area contributed by atoms with Gasteiger partial charge in [-0.1, -0.05) is 0 Å². The molecule has 90 valence electrons. The summed E-state index contributed by atoms with van der Waals surface area (Å²) in [6, 6.07) is 2.79. The van der Waals surface area contributed by atoms with Crippen molar-refractivity contribution < 1.29 is 23.4 Å². The van der Waals surface area contributed by atoms with Gasteiger partial charge >= 0.3 is 0 Å². The number of halogens is 3. The normalized spacial score (nSPS) is 12.7. The van der Waals surface area contributed by atoms with E-state index in [0.717, 1.165) is 0 Å². The minimum atomic E-state index is -2.88. The van der Waals surface area contributed by atoms with Crippen molar-refractivity contribution in [2.24, 2.45) is 0 Å². The SMILES string of the molecule is COc1cc(C(O)C(F)F)c(OC)cc1Br. The van der Waals surface area contributed by atoms with Gasteiger partial charge in [0.2, 0.25) is 0 Å². The van der Waals surface area contributed by atoms with Crippen molar-refractivity contribution >= 4 is 15.9 Å². The summed E-state index contributed by atoms with van der Waals surface area (Å²) >= 11 is 3.19. The van der Waals surface area contributed by atoms with E-state index in [1.54, 1.807) is 0 Å². The van der Waals surface area contributed by atoms with Crippen LogP contribution < -0.4 is 9.47 Å². The first-order chi connectivity index (χ1) is 7.51. The maximum absolute atomic E-state index is 12.4. The van der Waals surface area contributed by atoms with Gasteiger partial charge in [-0.2, -0.15) is 0 Å². The molecule has 0 fully saturated rings. The molecule has 0 aliphatic rings. The molecule has 0 saturated heterocycles. The van der Waals surface area contributed by atoms with Gasteiger partial charge in [0, 0.05) is 5.56 Å². The molecule has 1 aromatic carbocycles. The Morgan fingerprint density at radius 1 is 1.19 bits per heavy atom. The molecule has 16 heavy (non-hydrogen) atoms. The number of hydrogen-bond acceptors (Lipinski definition) is 3. The van der Waals surface area contributed by atoms with Crippen molar-refractivity contribution in [3.63, 3.8) is 0 Å². The third kappa shape index (κ3) is 2.62. The maximum Gasteiger partial charge on any atom is 0.268 e. The Balaban J connectivity index is 3.24. The lowest BCUT2D eigenvalue weighted by molar-refractivity contribution is -0.00709. The van der Waals surface area contributed by atoms with Crippen molar-refractivity contribution in [3.05, 3.63) is 22.2 Å². The lowest BCUT2D eigenvalue weighted by Gasteiger charge is -2.16. The summed E-state index contributed by atoms with van der Waals surface area (Å²) in [5.74, 6) is 0.538. The van der Waals surface area contributed by atoms with E-state index in [4.69, 9.17) is 9.47 Å². The van der Waals surface area contributed by atoms with Crippen molar-refractivity contribution in [2.75, 3.05) is 14.2 Å². The number of aliphatic hydroxyl groups is 1. The Morgan fingerprint density at radius 2 is 1.75 bits per heavy atom. The molecule has 0 spiro atoms. The van der Waals surface area contributed by atoms with Crippen LogP contribution in [0, 0.1) is 0 Å². The summed E-state index contributed by atoms with van der Waals surface area (Å²) in [7, 11) is 2.75. The second kappa shape index (κ2) is 5.45. The maximum atomic E-state index is 12.4. The first-order valence-electron chi connectivity index (χ1n) is 4.39. The summed E-state index contributed by atoms with van der Waals surface area (Å²) in [4.78, 5) is 0. The van der Waals surface area contributed by atoms with Gasteiger partial charge < -0.3 is 14.6 Å². The Morgan fingerprint density at radius 3 is 2.19 bits per heavy atom. The van der Waals surface area contributed by atoms with Gasteiger partial charge in [0.05, 0.1) is 18.7 Å². The van der Waals surface area contributed by atoms with Gasteiger partial charge in [-0.15, -0.1) is 0 Å². The highest BCUT2D eigenvalue weighted by molar-refractivity contribution is 9.10. The number of aliphatic hydroxyl groups excluding tert-OH is 1. The van der Waals surface area contributed by atoms with Crippen LogP contribution in [0.25, 0.3) is 0 Å². The van der Waals surface area contributed by atoms with Crippen molar-refractivity contribution in [3.8, 4) is 11.5 Å². The molecular weight excluding hydrogens is 286 g/mol. The van der Waals surface area contributed by atoms with Crippen molar-refractivity contribution in [2.45, 2.75) is 12.5 Å². The zero-order valence-electron chi connectivity index (χ0n) is 8.71. The van der Waals surface area contributed by atoms with Crippen LogP contribution in [0.15, 0.2) is 16.6 Å². The molecule has 6 heteroatoms. The Bertz CT molecular complexity index is 371. The third-order valence-electron chi connectivity index (χ3n) is 2.06. The number of alkyl halides is 2. The molecule has 0 amide bonds. The molecule has 1 atom stereocenters. The molecule has 0 heterocycles. The molecule has 1 aromatic rings. The van der Waals surface area contributed by atoms with Gasteiger partial charge in [-0.05, 0) is 28.1 Å².